The summed E-state index contributed by atoms with van der Waals surface area (Å²) in [7, 11) is 0. The topological polar surface area (TPSA) is 29.5 Å². The van der Waals surface area contributed by atoms with Crippen LogP contribution in [0.15, 0.2) is 43.0 Å². The number of benzene rings is 1. The second kappa shape index (κ2) is 8.90. The third-order valence-electron chi connectivity index (χ3n) is 3.06. The van der Waals surface area contributed by atoms with Gasteiger partial charge in [0.25, 0.3) is 0 Å². The van der Waals surface area contributed by atoms with Crippen LogP contribution in [0, 0.1) is 0 Å². The van der Waals surface area contributed by atoms with Crippen LogP contribution in [0.2, 0.25) is 0 Å². The molecule has 1 N–H and O–H groups in total. The summed E-state index contributed by atoms with van der Waals surface area (Å²) in [5.74, 6) is 0. The predicted molar refractivity (Wildman–Crippen MR) is 75.4 cm³/mol. The number of allylic oxidation sites excluding steroid dienone is 1. The van der Waals surface area contributed by atoms with E-state index in [4.69, 9.17) is 4.74 Å². The molecule has 0 saturated carbocycles. The van der Waals surface area contributed by atoms with Gasteiger partial charge < -0.3 is 9.84 Å². The number of rotatable bonds is 9. The molecule has 0 fully saturated rings. The molecule has 0 radical (unpaired) electrons. The summed E-state index contributed by atoms with van der Waals surface area (Å²) in [6.07, 6.45) is 5.35. The molecule has 18 heavy (non-hydrogen) atoms. The maximum absolute atomic E-state index is 9.94. The summed E-state index contributed by atoms with van der Waals surface area (Å²) in [6.45, 7) is 6.18. The zero-order valence-electron chi connectivity index (χ0n) is 11.2. The molecule has 100 valence electrons. The molecule has 2 atom stereocenters. The summed E-state index contributed by atoms with van der Waals surface area (Å²) >= 11 is 0. The Morgan fingerprint density at radius 3 is 2.67 bits per heavy atom. The molecule has 0 heterocycles. The van der Waals surface area contributed by atoms with Crippen LogP contribution in [0.5, 0.6) is 0 Å². The van der Waals surface area contributed by atoms with Crippen LogP contribution in [0.4, 0.5) is 0 Å². The van der Waals surface area contributed by atoms with Gasteiger partial charge in [0.1, 0.15) is 0 Å². The molecule has 0 amide bonds. The number of hydrogen-bond acceptors (Lipinski definition) is 2. The molecule has 0 spiro atoms. The van der Waals surface area contributed by atoms with E-state index >= 15 is 0 Å². The lowest BCUT2D eigenvalue weighted by Gasteiger charge is -2.19. The predicted octanol–water partition coefficient (Wildman–Crippen LogP) is 3.70. The smallest absolute Gasteiger partial charge is 0.0810 e. The van der Waals surface area contributed by atoms with Gasteiger partial charge in [-0.25, -0.2) is 0 Å². The second-order valence-corrected chi connectivity index (χ2v) is 4.64. The molecular weight excluding hydrogens is 224 g/mol. The molecule has 1 aromatic rings. The first-order chi connectivity index (χ1) is 8.74. The van der Waals surface area contributed by atoms with Gasteiger partial charge in [-0.2, -0.15) is 0 Å². The highest BCUT2D eigenvalue weighted by Crippen LogP contribution is 2.11. The fourth-order valence-corrected chi connectivity index (χ4v) is 1.79. The lowest BCUT2D eigenvalue weighted by Crippen LogP contribution is -2.25. The van der Waals surface area contributed by atoms with Crippen LogP contribution >= 0.6 is 0 Å². The van der Waals surface area contributed by atoms with Gasteiger partial charge in [-0.15, -0.1) is 6.58 Å². The SMILES string of the molecule is C=CCCCC[C@H](O)[C@H](C)OCc1ccccc1. The van der Waals surface area contributed by atoms with Crippen molar-refractivity contribution in [1.82, 2.24) is 0 Å². The first-order valence-electron chi connectivity index (χ1n) is 6.68. The van der Waals surface area contributed by atoms with Crippen molar-refractivity contribution in [2.24, 2.45) is 0 Å². The molecular formula is C16H24O2. The summed E-state index contributed by atoms with van der Waals surface area (Å²) < 4.78 is 5.68. The second-order valence-electron chi connectivity index (χ2n) is 4.64. The zero-order chi connectivity index (χ0) is 13.2. The van der Waals surface area contributed by atoms with Crippen LogP contribution in [0.1, 0.15) is 38.2 Å². The van der Waals surface area contributed by atoms with Crippen molar-refractivity contribution in [3.05, 3.63) is 48.6 Å². The molecule has 0 aliphatic rings. The van der Waals surface area contributed by atoms with Gasteiger partial charge in [0.2, 0.25) is 0 Å². The third kappa shape index (κ3) is 5.99. The van der Waals surface area contributed by atoms with Gasteiger partial charge in [-0.05, 0) is 31.7 Å². The van der Waals surface area contributed by atoms with Gasteiger partial charge in [0, 0.05) is 0 Å². The Bertz CT molecular complexity index is 321. The largest absolute Gasteiger partial charge is 0.390 e. The number of ether oxygens (including phenoxy) is 1. The highest BCUT2D eigenvalue weighted by atomic mass is 16.5. The first-order valence-corrected chi connectivity index (χ1v) is 6.68. The Morgan fingerprint density at radius 1 is 1.28 bits per heavy atom. The lowest BCUT2D eigenvalue weighted by atomic mass is 10.1. The quantitative estimate of drug-likeness (QED) is 0.533. The lowest BCUT2D eigenvalue weighted by molar-refractivity contribution is -0.0387. The standard InChI is InChI=1S/C16H24O2/c1-3-4-5-9-12-16(17)14(2)18-13-15-10-7-6-8-11-15/h3,6-8,10-11,14,16-17H,1,4-5,9,12-13H2,2H3/t14-,16-/m0/s1. The number of aliphatic hydroxyl groups excluding tert-OH is 1. The highest BCUT2D eigenvalue weighted by molar-refractivity contribution is 5.13. The van der Waals surface area contributed by atoms with Crippen molar-refractivity contribution in [3.63, 3.8) is 0 Å². The average molecular weight is 248 g/mol. The summed E-state index contributed by atoms with van der Waals surface area (Å²) in [5.41, 5.74) is 1.14. The molecule has 1 aromatic carbocycles. The van der Waals surface area contributed by atoms with Crippen LogP contribution < -0.4 is 0 Å². The minimum Gasteiger partial charge on any atom is -0.390 e. The number of hydrogen-bond donors (Lipinski definition) is 1. The minimum atomic E-state index is -0.376. The molecule has 0 aliphatic heterocycles. The molecule has 0 bridgehead atoms. The van der Waals surface area contributed by atoms with Crippen molar-refractivity contribution < 1.29 is 9.84 Å². The molecule has 0 saturated heterocycles. The van der Waals surface area contributed by atoms with Crippen molar-refractivity contribution in [3.8, 4) is 0 Å². The summed E-state index contributed by atoms with van der Waals surface area (Å²) in [6, 6.07) is 10.0. The fraction of sp³-hybridized carbons (Fsp3) is 0.500. The Balaban J connectivity index is 2.19. The number of aliphatic hydroxyl groups is 1. The summed E-state index contributed by atoms with van der Waals surface area (Å²) in [4.78, 5) is 0. The van der Waals surface area contributed by atoms with Crippen LogP contribution in [0.3, 0.4) is 0 Å². The molecule has 2 nitrogen and oxygen atoms in total. The van der Waals surface area contributed by atoms with Gasteiger partial charge in [-0.3, -0.25) is 0 Å². The van der Waals surface area contributed by atoms with E-state index < -0.39 is 0 Å². The maximum atomic E-state index is 9.94. The fourth-order valence-electron chi connectivity index (χ4n) is 1.79. The zero-order valence-corrected chi connectivity index (χ0v) is 11.2. The van der Waals surface area contributed by atoms with E-state index in [0.29, 0.717) is 6.61 Å². The molecule has 0 unspecified atom stereocenters. The Kier molecular flexibility index (Phi) is 7.38. The third-order valence-corrected chi connectivity index (χ3v) is 3.06. The maximum Gasteiger partial charge on any atom is 0.0810 e. The van der Waals surface area contributed by atoms with Gasteiger partial charge >= 0.3 is 0 Å². The van der Waals surface area contributed by atoms with E-state index in [9.17, 15) is 5.11 Å². The molecule has 2 heteroatoms. The monoisotopic (exact) mass is 248 g/mol. The van der Waals surface area contributed by atoms with Crippen LogP contribution in [-0.4, -0.2) is 17.3 Å². The molecule has 0 aliphatic carbocycles. The van der Waals surface area contributed by atoms with Crippen molar-refractivity contribution in [2.75, 3.05) is 0 Å². The van der Waals surface area contributed by atoms with Crippen molar-refractivity contribution in [1.29, 1.82) is 0 Å². The normalized spacial score (nSPS) is 14.1. The van der Waals surface area contributed by atoms with Crippen molar-refractivity contribution >= 4 is 0 Å². The minimum absolute atomic E-state index is 0.117. The molecule has 1 rings (SSSR count). The Morgan fingerprint density at radius 2 is 2.00 bits per heavy atom. The van der Waals surface area contributed by atoms with Crippen molar-refractivity contribution in [2.45, 2.75) is 51.4 Å². The van der Waals surface area contributed by atoms with E-state index in [1.807, 2.05) is 43.3 Å². The first kappa shape index (κ1) is 14.9. The van der Waals surface area contributed by atoms with Gasteiger partial charge in [0.05, 0.1) is 18.8 Å². The summed E-state index contributed by atoms with van der Waals surface area (Å²) in [5, 5.41) is 9.94. The van der Waals surface area contributed by atoms with E-state index in [1.165, 1.54) is 0 Å². The van der Waals surface area contributed by atoms with E-state index in [2.05, 4.69) is 6.58 Å². The van der Waals surface area contributed by atoms with Gasteiger partial charge in [0.15, 0.2) is 0 Å². The van der Waals surface area contributed by atoms with E-state index in [1.54, 1.807) is 0 Å². The van der Waals surface area contributed by atoms with Gasteiger partial charge in [-0.1, -0.05) is 42.8 Å². The van der Waals surface area contributed by atoms with E-state index in [0.717, 1.165) is 31.2 Å². The van der Waals surface area contributed by atoms with E-state index in [-0.39, 0.29) is 12.2 Å². The Labute approximate surface area is 110 Å². The highest BCUT2D eigenvalue weighted by Gasteiger charge is 2.14. The van der Waals surface area contributed by atoms with Crippen LogP contribution in [0.25, 0.3) is 0 Å². The van der Waals surface area contributed by atoms with Crippen LogP contribution in [-0.2, 0) is 11.3 Å². The molecule has 0 aromatic heterocycles. The number of unbranched alkanes of at least 4 members (excludes halogenated alkanes) is 2. The Hall–Kier alpha value is -1.12. The average Bonchev–Trinajstić information content (AvgIpc) is 2.42.